The lowest BCUT2D eigenvalue weighted by atomic mass is 9.96. The average Bonchev–Trinajstić information content (AvgIpc) is 2.71. The fraction of sp³-hybridized carbons (Fsp3) is 0.429. The molecular formula is C28H36O6. The summed E-state index contributed by atoms with van der Waals surface area (Å²) in [7, 11) is 0. The molecule has 6 heteroatoms. The maximum Gasteiger partial charge on any atom is 0.509 e. The zero-order valence-electron chi connectivity index (χ0n) is 21.0. The second-order valence-electron chi connectivity index (χ2n) is 10.1. The van der Waals surface area contributed by atoms with Crippen molar-refractivity contribution in [3.8, 4) is 0 Å². The number of rotatable bonds is 8. The molecule has 0 heterocycles. The molecule has 34 heavy (non-hydrogen) atoms. The molecule has 0 amide bonds. The van der Waals surface area contributed by atoms with Gasteiger partial charge in [-0.3, -0.25) is 0 Å². The van der Waals surface area contributed by atoms with Gasteiger partial charge < -0.3 is 18.9 Å². The molecule has 2 aromatic rings. The van der Waals surface area contributed by atoms with Crippen LogP contribution in [0.4, 0.5) is 9.59 Å². The van der Waals surface area contributed by atoms with Gasteiger partial charge >= 0.3 is 12.3 Å². The van der Waals surface area contributed by atoms with Gasteiger partial charge in [-0.1, -0.05) is 72.8 Å². The van der Waals surface area contributed by atoms with E-state index in [1.54, 1.807) is 41.5 Å². The predicted molar refractivity (Wildman–Crippen MR) is 131 cm³/mol. The van der Waals surface area contributed by atoms with Crippen molar-refractivity contribution < 1.29 is 28.5 Å². The highest BCUT2D eigenvalue weighted by atomic mass is 16.7. The van der Waals surface area contributed by atoms with E-state index >= 15 is 0 Å². The number of ether oxygens (including phenoxy) is 4. The van der Waals surface area contributed by atoms with Gasteiger partial charge in [0.1, 0.15) is 23.4 Å². The zero-order valence-corrected chi connectivity index (χ0v) is 21.0. The van der Waals surface area contributed by atoms with E-state index in [-0.39, 0.29) is 0 Å². The lowest BCUT2D eigenvalue weighted by Crippen LogP contribution is -2.26. The number of hydrogen-bond donors (Lipinski definition) is 0. The fourth-order valence-corrected chi connectivity index (χ4v) is 3.18. The quantitative estimate of drug-likeness (QED) is 0.292. The third kappa shape index (κ3) is 10.1. The number of carbonyl (C=O) groups is 2. The minimum absolute atomic E-state index is 0.338. The van der Waals surface area contributed by atoms with Crippen LogP contribution in [0.15, 0.2) is 72.8 Å². The van der Waals surface area contributed by atoms with Crippen LogP contribution >= 0.6 is 0 Å². The Kier molecular flexibility index (Phi) is 9.30. The molecule has 0 aliphatic heterocycles. The third-order valence-electron chi connectivity index (χ3n) is 4.55. The van der Waals surface area contributed by atoms with Crippen molar-refractivity contribution >= 4 is 12.3 Å². The van der Waals surface area contributed by atoms with Crippen LogP contribution in [-0.2, 0) is 18.9 Å². The fourth-order valence-electron chi connectivity index (χ4n) is 3.18. The van der Waals surface area contributed by atoms with Gasteiger partial charge in [-0.05, 0) is 52.7 Å². The van der Waals surface area contributed by atoms with E-state index in [1.807, 2.05) is 60.7 Å². The van der Waals surface area contributed by atoms with Gasteiger partial charge in [-0.2, -0.15) is 0 Å². The van der Waals surface area contributed by atoms with Crippen LogP contribution in [0.3, 0.4) is 0 Å². The Hall–Kier alpha value is -3.28. The Morgan fingerprint density at radius 1 is 0.676 bits per heavy atom. The lowest BCUT2D eigenvalue weighted by molar-refractivity contribution is -0.0299. The zero-order chi connectivity index (χ0) is 25.4. The van der Waals surface area contributed by atoms with Crippen LogP contribution in [-0.4, -0.2) is 23.5 Å². The molecule has 0 bridgehead atoms. The summed E-state index contributed by atoms with van der Waals surface area (Å²) in [5, 5.41) is 0. The second-order valence-corrected chi connectivity index (χ2v) is 10.1. The predicted octanol–water partition coefficient (Wildman–Crippen LogP) is 7.71. The highest BCUT2D eigenvalue weighted by Gasteiger charge is 2.26. The van der Waals surface area contributed by atoms with Gasteiger partial charge in [0.25, 0.3) is 0 Å². The van der Waals surface area contributed by atoms with Crippen molar-refractivity contribution in [3.63, 3.8) is 0 Å². The van der Waals surface area contributed by atoms with Crippen molar-refractivity contribution in [2.45, 2.75) is 77.8 Å². The SMILES string of the molecule is C=C(C[C@@H](OC(=O)OC(C)(C)C)c1ccccc1)C[C@@H](OC(=O)OC(C)(C)C)c1ccccc1. The molecular weight excluding hydrogens is 432 g/mol. The molecule has 6 nitrogen and oxygen atoms in total. The monoisotopic (exact) mass is 468 g/mol. The molecule has 2 rings (SSSR count). The van der Waals surface area contributed by atoms with Crippen LogP contribution in [0.25, 0.3) is 0 Å². The van der Waals surface area contributed by atoms with Gasteiger partial charge in [0.05, 0.1) is 0 Å². The van der Waals surface area contributed by atoms with Gasteiger partial charge in [0.15, 0.2) is 0 Å². The summed E-state index contributed by atoms with van der Waals surface area (Å²) in [6.07, 6.45) is -2.02. The van der Waals surface area contributed by atoms with E-state index in [0.717, 1.165) is 16.7 Å². The van der Waals surface area contributed by atoms with Gasteiger partial charge in [-0.15, -0.1) is 0 Å². The molecule has 0 fully saturated rings. The Balaban J connectivity index is 2.17. The molecule has 0 unspecified atom stereocenters. The first-order valence-electron chi connectivity index (χ1n) is 11.4. The molecule has 0 saturated carbocycles. The van der Waals surface area contributed by atoms with E-state index in [9.17, 15) is 9.59 Å². The molecule has 0 aromatic heterocycles. The van der Waals surface area contributed by atoms with Crippen molar-refractivity contribution in [2.75, 3.05) is 0 Å². The van der Waals surface area contributed by atoms with E-state index in [1.165, 1.54) is 0 Å². The van der Waals surface area contributed by atoms with E-state index in [0.29, 0.717) is 12.8 Å². The van der Waals surface area contributed by atoms with E-state index in [4.69, 9.17) is 18.9 Å². The van der Waals surface area contributed by atoms with Crippen molar-refractivity contribution in [3.05, 3.63) is 83.9 Å². The molecule has 0 aliphatic rings. The number of hydrogen-bond acceptors (Lipinski definition) is 6. The van der Waals surface area contributed by atoms with Crippen LogP contribution < -0.4 is 0 Å². The lowest BCUT2D eigenvalue weighted by Gasteiger charge is -2.25. The molecule has 0 N–H and O–H groups in total. The highest BCUT2D eigenvalue weighted by Crippen LogP contribution is 2.32. The summed E-state index contributed by atoms with van der Waals surface area (Å²) in [6, 6.07) is 18.8. The third-order valence-corrected chi connectivity index (χ3v) is 4.55. The Labute approximate surface area is 202 Å². The standard InChI is InChI=1S/C28H36O6/c1-20(18-23(21-14-10-8-11-15-21)31-25(29)33-27(2,3)4)19-24(22-16-12-9-13-17-22)32-26(30)34-28(5,6)7/h8-17,23-24H,1,18-19H2,2-7H3/t23-,24-/m1/s1. The maximum absolute atomic E-state index is 12.4. The average molecular weight is 469 g/mol. The van der Waals surface area contributed by atoms with Gasteiger partial charge in [0.2, 0.25) is 0 Å². The smallest absolute Gasteiger partial charge is 0.429 e. The normalized spacial score (nSPS) is 13.4. The summed E-state index contributed by atoms with van der Waals surface area (Å²) in [4.78, 5) is 24.8. The molecule has 184 valence electrons. The second kappa shape index (κ2) is 11.7. The highest BCUT2D eigenvalue weighted by molar-refractivity contribution is 5.61. The van der Waals surface area contributed by atoms with Crippen LogP contribution in [0.1, 0.15) is 77.7 Å². The summed E-state index contributed by atoms with van der Waals surface area (Å²) in [5.74, 6) is 0. The van der Waals surface area contributed by atoms with Crippen molar-refractivity contribution in [1.29, 1.82) is 0 Å². The van der Waals surface area contributed by atoms with Crippen LogP contribution in [0, 0.1) is 0 Å². The van der Waals surface area contributed by atoms with E-state index < -0.39 is 35.7 Å². The summed E-state index contributed by atoms with van der Waals surface area (Å²) < 4.78 is 22.0. The molecule has 0 spiro atoms. The van der Waals surface area contributed by atoms with Gasteiger partial charge in [0, 0.05) is 12.8 Å². The van der Waals surface area contributed by atoms with Crippen LogP contribution in [0.2, 0.25) is 0 Å². The largest absolute Gasteiger partial charge is 0.509 e. The molecule has 2 aromatic carbocycles. The first-order chi connectivity index (χ1) is 15.8. The minimum Gasteiger partial charge on any atom is -0.429 e. The molecule has 2 atom stereocenters. The topological polar surface area (TPSA) is 71.1 Å². The number of carbonyl (C=O) groups excluding carboxylic acids is 2. The van der Waals surface area contributed by atoms with E-state index in [2.05, 4.69) is 6.58 Å². The summed E-state index contributed by atoms with van der Waals surface area (Å²) >= 11 is 0. The van der Waals surface area contributed by atoms with Crippen molar-refractivity contribution in [1.82, 2.24) is 0 Å². The van der Waals surface area contributed by atoms with Crippen LogP contribution in [0.5, 0.6) is 0 Å². The molecule has 0 saturated heterocycles. The Morgan fingerprint density at radius 3 is 1.29 bits per heavy atom. The number of benzene rings is 2. The first-order valence-corrected chi connectivity index (χ1v) is 11.4. The first kappa shape index (κ1) is 27.0. The Bertz CT molecular complexity index is 861. The molecule has 0 radical (unpaired) electrons. The maximum atomic E-state index is 12.4. The Morgan fingerprint density at radius 2 is 1.00 bits per heavy atom. The summed E-state index contributed by atoms with van der Waals surface area (Å²) in [5.41, 5.74) is 1.04. The minimum atomic E-state index is -0.751. The molecule has 0 aliphatic carbocycles. The van der Waals surface area contributed by atoms with Crippen molar-refractivity contribution in [2.24, 2.45) is 0 Å². The van der Waals surface area contributed by atoms with Gasteiger partial charge in [-0.25, -0.2) is 9.59 Å². The summed E-state index contributed by atoms with van der Waals surface area (Å²) in [6.45, 7) is 14.9.